The average Bonchev–Trinajstić information content (AvgIpc) is 2.45. The summed E-state index contributed by atoms with van der Waals surface area (Å²) in [6.45, 7) is 1.76. The van der Waals surface area contributed by atoms with Crippen LogP contribution in [0.15, 0.2) is 54.6 Å². The van der Waals surface area contributed by atoms with E-state index in [1.54, 1.807) is 0 Å². The van der Waals surface area contributed by atoms with Crippen LogP contribution in [0.4, 0.5) is 5.69 Å². The second-order valence-corrected chi connectivity index (χ2v) is 4.37. The van der Waals surface area contributed by atoms with E-state index in [2.05, 4.69) is 53.8 Å². The van der Waals surface area contributed by atoms with Crippen LogP contribution < -0.4 is 11.1 Å². The molecule has 0 unspecified atom stereocenters. The van der Waals surface area contributed by atoms with E-state index in [9.17, 15) is 0 Å². The second-order valence-electron chi connectivity index (χ2n) is 4.37. The van der Waals surface area contributed by atoms with Gasteiger partial charge in [0.1, 0.15) is 0 Å². The second kappa shape index (κ2) is 6.82. The number of hydrogen-bond donors (Lipinski definition) is 2. The van der Waals surface area contributed by atoms with Crippen LogP contribution >= 0.6 is 0 Å². The van der Waals surface area contributed by atoms with Gasteiger partial charge in [-0.1, -0.05) is 42.5 Å². The fourth-order valence-electron chi connectivity index (χ4n) is 1.91. The van der Waals surface area contributed by atoms with Crippen LogP contribution in [0.3, 0.4) is 0 Å². The maximum atomic E-state index is 5.46. The molecule has 2 rings (SSSR count). The minimum atomic E-state index is 0.772. The van der Waals surface area contributed by atoms with Crippen LogP contribution in [-0.2, 0) is 0 Å². The summed E-state index contributed by atoms with van der Waals surface area (Å²) in [5, 5.41) is 3.40. The highest BCUT2D eigenvalue weighted by Crippen LogP contribution is 2.20. The van der Waals surface area contributed by atoms with Gasteiger partial charge in [-0.25, -0.2) is 0 Å². The third-order valence-electron chi connectivity index (χ3n) is 2.95. The molecule has 2 heteroatoms. The van der Waals surface area contributed by atoms with Crippen molar-refractivity contribution in [2.75, 3.05) is 18.4 Å². The van der Waals surface area contributed by atoms with Crippen LogP contribution in [0.25, 0.3) is 11.1 Å². The number of unbranched alkanes of at least 4 members (excludes halogenated alkanes) is 1. The minimum absolute atomic E-state index is 0.772. The van der Waals surface area contributed by atoms with Crippen LogP contribution in [0.1, 0.15) is 12.8 Å². The van der Waals surface area contributed by atoms with E-state index in [4.69, 9.17) is 5.73 Å². The van der Waals surface area contributed by atoms with Crippen molar-refractivity contribution in [3.05, 3.63) is 54.6 Å². The van der Waals surface area contributed by atoms with Crippen LogP contribution in [0.5, 0.6) is 0 Å². The molecule has 0 aromatic heterocycles. The zero-order chi connectivity index (χ0) is 12.6. The summed E-state index contributed by atoms with van der Waals surface area (Å²) in [7, 11) is 0. The van der Waals surface area contributed by atoms with Crippen LogP contribution in [-0.4, -0.2) is 13.1 Å². The number of hydrogen-bond acceptors (Lipinski definition) is 2. The average molecular weight is 240 g/mol. The van der Waals surface area contributed by atoms with Gasteiger partial charge < -0.3 is 11.1 Å². The lowest BCUT2D eigenvalue weighted by Crippen LogP contribution is -2.05. The first kappa shape index (κ1) is 12.7. The van der Waals surface area contributed by atoms with Crippen molar-refractivity contribution in [3.8, 4) is 11.1 Å². The number of anilines is 1. The molecule has 0 amide bonds. The molecule has 0 bridgehead atoms. The summed E-state index contributed by atoms with van der Waals surface area (Å²) >= 11 is 0. The van der Waals surface area contributed by atoms with Gasteiger partial charge in [-0.15, -0.1) is 0 Å². The van der Waals surface area contributed by atoms with Gasteiger partial charge in [0.05, 0.1) is 0 Å². The SMILES string of the molecule is NCCCCNc1ccc(-c2ccccc2)cc1. The Labute approximate surface area is 109 Å². The summed E-state index contributed by atoms with van der Waals surface area (Å²) in [6.07, 6.45) is 2.20. The lowest BCUT2D eigenvalue weighted by Gasteiger charge is -2.07. The van der Waals surface area contributed by atoms with E-state index < -0.39 is 0 Å². The van der Waals surface area contributed by atoms with Crippen LogP contribution in [0, 0.1) is 0 Å². The fourth-order valence-corrected chi connectivity index (χ4v) is 1.91. The van der Waals surface area contributed by atoms with E-state index in [1.165, 1.54) is 16.8 Å². The maximum absolute atomic E-state index is 5.46. The standard InChI is InChI=1S/C16H20N2/c17-12-4-5-13-18-16-10-8-15(9-11-16)14-6-2-1-3-7-14/h1-3,6-11,18H,4-5,12-13,17H2. The summed E-state index contributed by atoms with van der Waals surface area (Å²) < 4.78 is 0. The molecule has 0 saturated heterocycles. The molecule has 94 valence electrons. The van der Waals surface area contributed by atoms with E-state index in [-0.39, 0.29) is 0 Å². The first-order valence-corrected chi connectivity index (χ1v) is 6.49. The molecule has 0 radical (unpaired) electrons. The van der Waals surface area contributed by atoms with Crippen molar-refractivity contribution in [2.24, 2.45) is 5.73 Å². The van der Waals surface area contributed by atoms with E-state index >= 15 is 0 Å². The molecule has 0 saturated carbocycles. The van der Waals surface area contributed by atoms with Crippen LogP contribution in [0.2, 0.25) is 0 Å². The summed E-state index contributed by atoms with van der Waals surface area (Å²) in [4.78, 5) is 0. The molecule has 2 aromatic carbocycles. The number of nitrogens with one attached hydrogen (secondary N) is 1. The van der Waals surface area contributed by atoms with Gasteiger partial charge in [0.15, 0.2) is 0 Å². The Balaban J connectivity index is 1.94. The highest BCUT2D eigenvalue weighted by Gasteiger charge is 1.96. The molecule has 0 heterocycles. The monoisotopic (exact) mass is 240 g/mol. The quantitative estimate of drug-likeness (QED) is 0.758. The molecule has 18 heavy (non-hydrogen) atoms. The van der Waals surface area contributed by atoms with Gasteiger partial charge in [-0.2, -0.15) is 0 Å². The smallest absolute Gasteiger partial charge is 0.0340 e. The largest absolute Gasteiger partial charge is 0.385 e. The molecule has 3 N–H and O–H groups in total. The molecule has 0 spiro atoms. The Morgan fingerprint density at radius 3 is 2.11 bits per heavy atom. The van der Waals surface area contributed by atoms with Crippen molar-refractivity contribution in [1.82, 2.24) is 0 Å². The van der Waals surface area contributed by atoms with Gasteiger partial charge in [-0.3, -0.25) is 0 Å². The molecule has 0 fully saturated rings. The zero-order valence-corrected chi connectivity index (χ0v) is 10.6. The Kier molecular flexibility index (Phi) is 4.79. The summed E-state index contributed by atoms with van der Waals surface area (Å²) in [5.41, 5.74) is 9.15. The first-order valence-electron chi connectivity index (χ1n) is 6.49. The predicted molar refractivity (Wildman–Crippen MR) is 78.7 cm³/mol. The number of rotatable bonds is 6. The molecule has 0 atom stereocenters. The van der Waals surface area contributed by atoms with Crippen molar-refractivity contribution in [3.63, 3.8) is 0 Å². The lowest BCUT2D eigenvalue weighted by atomic mass is 10.1. The topological polar surface area (TPSA) is 38.0 Å². The molecule has 2 nitrogen and oxygen atoms in total. The summed E-state index contributed by atoms with van der Waals surface area (Å²) in [5.74, 6) is 0. The Bertz CT molecular complexity index is 448. The highest BCUT2D eigenvalue weighted by molar-refractivity contribution is 5.65. The highest BCUT2D eigenvalue weighted by atomic mass is 14.9. The number of nitrogens with two attached hydrogens (primary N) is 1. The molecule has 0 aliphatic heterocycles. The fraction of sp³-hybridized carbons (Fsp3) is 0.250. The number of benzene rings is 2. The maximum Gasteiger partial charge on any atom is 0.0340 e. The molecular formula is C16H20N2. The van der Waals surface area contributed by atoms with Gasteiger partial charge in [0.2, 0.25) is 0 Å². The van der Waals surface area contributed by atoms with E-state index in [0.29, 0.717) is 0 Å². The Morgan fingerprint density at radius 1 is 0.778 bits per heavy atom. The summed E-state index contributed by atoms with van der Waals surface area (Å²) in [6, 6.07) is 19.0. The predicted octanol–water partition coefficient (Wildman–Crippen LogP) is 3.50. The molecule has 2 aromatic rings. The molecule has 0 aliphatic carbocycles. The van der Waals surface area contributed by atoms with Gasteiger partial charge in [0.25, 0.3) is 0 Å². The minimum Gasteiger partial charge on any atom is -0.385 e. The Hall–Kier alpha value is -1.80. The van der Waals surface area contributed by atoms with Gasteiger partial charge in [0, 0.05) is 12.2 Å². The molecule has 0 aliphatic rings. The Morgan fingerprint density at radius 2 is 1.44 bits per heavy atom. The van der Waals surface area contributed by atoms with Gasteiger partial charge >= 0.3 is 0 Å². The van der Waals surface area contributed by atoms with Crippen molar-refractivity contribution in [2.45, 2.75) is 12.8 Å². The first-order chi connectivity index (χ1) is 8.90. The van der Waals surface area contributed by atoms with E-state index in [1.807, 2.05) is 6.07 Å². The third kappa shape index (κ3) is 3.60. The zero-order valence-electron chi connectivity index (χ0n) is 10.6. The van der Waals surface area contributed by atoms with Crippen molar-refractivity contribution >= 4 is 5.69 Å². The molecular weight excluding hydrogens is 220 g/mol. The normalized spacial score (nSPS) is 10.3. The van der Waals surface area contributed by atoms with Crippen molar-refractivity contribution in [1.29, 1.82) is 0 Å². The lowest BCUT2D eigenvalue weighted by molar-refractivity contribution is 0.774. The van der Waals surface area contributed by atoms with E-state index in [0.717, 1.165) is 25.9 Å². The van der Waals surface area contributed by atoms with Gasteiger partial charge in [-0.05, 0) is 42.6 Å². The third-order valence-corrected chi connectivity index (χ3v) is 2.95. The van der Waals surface area contributed by atoms with Crippen molar-refractivity contribution < 1.29 is 0 Å².